The fourth-order valence-electron chi connectivity index (χ4n) is 2.04. The van der Waals surface area contributed by atoms with Gasteiger partial charge in [0.25, 0.3) is 0 Å². The first kappa shape index (κ1) is 16.2. The number of aliphatic hydroxyl groups excluding tert-OH is 1. The van der Waals surface area contributed by atoms with E-state index in [0.717, 1.165) is 0 Å². The average Bonchev–Trinajstić information content (AvgIpc) is 2.29. The zero-order valence-corrected chi connectivity index (χ0v) is 12.5. The summed E-state index contributed by atoms with van der Waals surface area (Å²) >= 11 is 0. The zero-order valence-electron chi connectivity index (χ0n) is 12.5. The van der Waals surface area contributed by atoms with Crippen molar-refractivity contribution in [1.29, 1.82) is 0 Å². The Labute approximate surface area is 115 Å². The second-order valence-corrected chi connectivity index (χ2v) is 6.21. The molecule has 0 aliphatic carbocycles. The quantitative estimate of drug-likeness (QED) is 0.788. The van der Waals surface area contributed by atoms with Crippen LogP contribution < -0.4 is 5.32 Å². The lowest BCUT2D eigenvalue weighted by molar-refractivity contribution is -0.105. The fourth-order valence-corrected chi connectivity index (χ4v) is 2.04. The topological polar surface area (TPSA) is 71.0 Å². The van der Waals surface area contributed by atoms with Gasteiger partial charge in [-0.1, -0.05) is 0 Å². The summed E-state index contributed by atoms with van der Waals surface area (Å²) in [6, 6.07) is 0.196. The lowest BCUT2D eigenvalue weighted by atomic mass is 9.96. The molecule has 0 radical (unpaired) electrons. The molecule has 19 heavy (non-hydrogen) atoms. The van der Waals surface area contributed by atoms with Gasteiger partial charge in [-0.05, 0) is 34.7 Å². The van der Waals surface area contributed by atoms with Crippen molar-refractivity contribution >= 4 is 6.09 Å². The van der Waals surface area contributed by atoms with E-state index >= 15 is 0 Å². The van der Waals surface area contributed by atoms with Crippen molar-refractivity contribution < 1.29 is 19.4 Å². The Morgan fingerprint density at radius 2 is 2.21 bits per heavy atom. The molecule has 1 aliphatic heterocycles. The van der Waals surface area contributed by atoms with Gasteiger partial charge in [0.1, 0.15) is 5.60 Å². The van der Waals surface area contributed by atoms with E-state index in [1.165, 1.54) is 0 Å². The van der Waals surface area contributed by atoms with Gasteiger partial charge in [-0.15, -0.1) is 0 Å². The number of nitrogens with one attached hydrogen (secondary N) is 1. The molecule has 112 valence electrons. The highest BCUT2D eigenvalue weighted by molar-refractivity contribution is 5.67. The van der Waals surface area contributed by atoms with Crippen LogP contribution in [-0.4, -0.2) is 66.7 Å². The van der Waals surface area contributed by atoms with Gasteiger partial charge >= 0.3 is 6.09 Å². The van der Waals surface area contributed by atoms with Crippen LogP contribution in [0.3, 0.4) is 0 Å². The molecular formula is C13H26N2O4. The second kappa shape index (κ2) is 6.07. The molecule has 0 spiro atoms. The van der Waals surface area contributed by atoms with Crippen molar-refractivity contribution in [3.8, 4) is 0 Å². The number of carbonyl (C=O) groups excluding carboxylic acids is 1. The Morgan fingerprint density at radius 3 is 2.74 bits per heavy atom. The second-order valence-electron chi connectivity index (χ2n) is 6.21. The van der Waals surface area contributed by atoms with Crippen LogP contribution in [0.15, 0.2) is 0 Å². The van der Waals surface area contributed by atoms with Crippen LogP contribution in [-0.2, 0) is 9.47 Å². The van der Waals surface area contributed by atoms with Crippen LogP contribution in [0.1, 0.15) is 27.7 Å². The molecule has 2 N–H and O–H groups in total. The predicted molar refractivity (Wildman–Crippen MR) is 72.1 cm³/mol. The molecule has 1 heterocycles. The standard InChI is InChI=1S/C13H26N2O4/c1-10-6-18-9-13(8-16,15(10)5)7-14-11(17)19-12(2,3)4/h10,16H,6-9H2,1-5H3,(H,14,17)/t10-,13+/m1/s1. The maximum absolute atomic E-state index is 11.7. The van der Waals surface area contributed by atoms with Crippen LogP contribution in [0.2, 0.25) is 0 Å². The molecule has 6 nitrogen and oxygen atoms in total. The molecule has 0 aromatic heterocycles. The summed E-state index contributed by atoms with van der Waals surface area (Å²) < 4.78 is 10.7. The molecule has 6 heteroatoms. The van der Waals surface area contributed by atoms with Crippen molar-refractivity contribution in [3.05, 3.63) is 0 Å². The Kier molecular flexibility index (Phi) is 5.18. The maximum Gasteiger partial charge on any atom is 0.407 e. The van der Waals surface area contributed by atoms with Gasteiger partial charge in [0.05, 0.1) is 25.4 Å². The molecule has 1 aliphatic rings. The number of rotatable bonds is 3. The molecule has 1 rings (SSSR count). The minimum Gasteiger partial charge on any atom is -0.444 e. The number of amides is 1. The highest BCUT2D eigenvalue weighted by Gasteiger charge is 2.40. The Balaban J connectivity index is 2.59. The number of alkyl carbamates (subject to hydrolysis) is 1. The largest absolute Gasteiger partial charge is 0.444 e. The molecule has 1 saturated heterocycles. The van der Waals surface area contributed by atoms with Gasteiger partial charge in [-0.2, -0.15) is 0 Å². The Hall–Kier alpha value is -0.850. The van der Waals surface area contributed by atoms with E-state index in [2.05, 4.69) is 5.32 Å². The van der Waals surface area contributed by atoms with Gasteiger partial charge in [0, 0.05) is 12.6 Å². The van der Waals surface area contributed by atoms with Crippen LogP contribution in [0, 0.1) is 0 Å². The van der Waals surface area contributed by atoms with Crippen molar-refractivity contribution in [2.24, 2.45) is 0 Å². The molecule has 1 fully saturated rings. The molecule has 0 aromatic carbocycles. The molecule has 2 atom stereocenters. The Morgan fingerprint density at radius 1 is 1.58 bits per heavy atom. The van der Waals surface area contributed by atoms with E-state index in [1.54, 1.807) is 0 Å². The molecule has 0 aromatic rings. The average molecular weight is 274 g/mol. The molecule has 0 saturated carbocycles. The third-order valence-electron chi connectivity index (χ3n) is 3.39. The summed E-state index contributed by atoms with van der Waals surface area (Å²) in [5.41, 5.74) is -1.12. The highest BCUT2D eigenvalue weighted by Crippen LogP contribution is 2.21. The minimum atomic E-state index is -0.589. The fraction of sp³-hybridized carbons (Fsp3) is 0.923. The normalized spacial score (nSPS) is 29.1. The first-order chi connectivity index (χ1) is 8.70. The van der Waals surface area contributed by atoms with Crippen LogP contribution in [0.5, 0.6) is 0 Å². The molecule has 0 unspecified atom stereocenters. The first-order valence-corrected chi connectivity index (χ1v) is 6.58. The van der Waals surface area contributed by atoms with Crippen molar-refractivity contribution in [2.45, 2.75) is 44.9 Å². The molecular weight excluding hydrogens is 248 g/mol. The van der Waals surface area contributed by atoms with Gasteiger partial charge in [-0.25, -0.2) is 4.79 Å². The number of hydrogen-bond acceptors (Lipinski definition) is 5. The molecule has 1 amide bonds. The highest BCUT2D eigenvalue weighted by atomic mass is 16.6. The predicted octanol–water partition coefficient (Wildman–Crippen LogP) is 0.593. The zero-order chi connectivity index (χ0) is 14.7. The van der Waals surface area contributed by atoms with Crippen molar-refractivity contribution in [1.82, 2.24) is 10.2 Å². The first-order valence-electron chi connectivity index (χ1n) is 6.58. The van der Waals surface area contributed by atoms with Gasteiger partial charge in [0.2, 0.25) is 0 Å². The number of aliphatic hydroxyl groups is 1. The SMILES string of the molecule is C[C@@H]1COC[C@@](CO)(CNC(=O)OC(C)(C)C)N1C. The van der Waals surface area contributed by atoms with E-state index in [-0.39, 0.29) is 12.6 Å². The van der Waals surface area contributed by atoms with Crippen LogP contribution >= 0.6 is 0 Å². The minimum absolute atomic E-state index is 0.0797. The number of nitrogens with zero attached hydrogens (tertiary/aromatic N) is 1. The number of morpholine rings is 1. The number of likely N-dealkylation sites (N-methyl/N-ethyl adjacent to an activating group) is 1. The van der Waals surface area contributed by atoms with E-state index < -0.39 is 17.2 Å². The summed E-state index contributed by atoms with van der Waals surface area (Å²) in [5.74, 6) is 0. The third kappa shape index (κ3) is 4.33. The third-order valence-corrected chi connectivity index (χ3v) is 3.39. The van der Waals surface area contributed by atoms with E-state index in [1.807, 2.05) is 39.6 Å². The van der Waals surface area contributed by atoms with Gasteiger partial charge in [0.15, 0.2) is 0 Å². The van der Waals surface area contributed by atoms with E-state index in [4.69, 9.17) is 9.47 Å². The smallest absolute Gasteiger partial charge is 0.407 e. The summed E-state index contributed by atoms with van der Waals surface area (Å²) in [7, 11) is 1.93. The van der Waals surface area contributed by atoms with Crippen LogP contribution in [0.4, 0.5) is 4.79 Å². The van der Waals surface area contributed by atoms with E-state index in [0.29, 0.717) is 19.8 Å². The number of ether oxygens (including phenoxy) is 2. The van der Waals surface area contributed by atoms with E-state index in [9.17, 15) is 9.90 Å². The lowest BCUT2D eigenvalue weighted by Crippen LogP contribution is -2.65. The summed E-state index contributed by atoms with van der Waals surface area (Å²) in [4.78, 5) is 13.7. The molecule has 0 bridgehead atoms. The number of carbonyl (C=O) groups is 1. The van der Waals surface area contributed by atoms with Gasteiger partial charge in [-0.3, -0.25) is 4.90 Å². The monoisotopic (exact) mass is 274 g/mol. The Bertz CT molecular complexity index is 316. The lowest BCUT2D eigenvalue weighted by Gasteiger charge is -2.47. The number of hydrogen-bond donors (Lipinski definition) is 2. The summed E-state index contributed by atoms with van der Waals surface area (Å²) in [6.45, 7) is 8.69. The summed E-state index contributed by atoms with van der Waals surface area (Å²) in [5, 5.41) is 12.4. The van der Waals surface area contributed by atoms with Crippen molar-refractivity contribution in [2.75, 3.05) is 33.4 Å². The van der Waals surface area contributed by atoms with Crippen LogP contribution in [0.25, 0.3) is 0 Å². The summed E-state index contributed by atoms with van der Waals surface area (Å²) in [6.07, 6.45) is -0.480. The van der Waals surface area contributed by atoms with Gasteiger partial charge < -0.3 is 19.9 Å². The van der Waals surface area contributed by atoms with Crippen molar-refractivity contribution in [3.63, 3.8) is 0 Å². The maximum atomic E-state index is 11.7.